The number of hydrogen-bond donors (Lipinski definition) is 0. The van der Waals surface area contributed by atoms with Crippen molar-refractivity contribution >= 4 is 27.3 Å². The molecule has 0 atom stereocenters. The van der Waals surface area contributed by atoms with E-state index >= 15 is 0 Å². The Labute approximate surface area is 111 Å². The van der Waals surface area contributed by atoms with Crippen LogP contribution >= 0.6 is 27.3 Å². The van der Waals surface area contributed by atoms with Crippen molar-refractivity contribution in [1.29, 1.82) is 0 Å². The van der Waals surface area contributed by atoms with Gasteiger partial charge in [-0.3, -0.25) is 0 Å². The molecule has 0 fully saturated rings. The minimum atomic E-state index is 0.818. The van der Waals surface area contributed by atoms with Gasteiger partial charge >= 0.3 is 0 Å². The Hall–Kier alpha value is -1.39. The smallest absolute Gasteiger partial charge is 0.177 e. The van der Waals surface area contributed by atoms with Crippen molar-refractivity contribution in [3.63, 3.8) is 0 Å². The minimum absolute atomic E-state index is 0.818. The third-order valence-corrected chi connectivity index (χ3v) is 3.83. The molecule has 2 heterocycles. The molecule has 0 aliphatic carbocycles. The lowest BCUT2D eigenvalue weighted by atomic mass is 10.1. The van der Waals surface area contributed by atoms with Gasteiger partial charge in [-0.05, 0) is 23.6 Å². The van der Waals surface area contributed by atoms with Crippen molar-refractivity contribution in [3.05, 3.63) is 52.3 Å². The Bertz CT molecular complexity index is 613. The molecular formula is C13H8BrNOS. The maximum absolute atomic E-state index is 5.34. The third-order valence-electron chi connectivity index (χ3n) is 2.41. The number of nitrogens with zero attached hydrogens (tertiary/aromatic N) is 1. The van der Waals surface area contributed by atoms with Crippen LogP contribution in [0, 0.1) is 0 Å². The summed E-state index contributed by atoms with van der Waals surface area (Å²) in [6, 6.07) is 14.0. The molecule has 17 heavy (non-hydrogen) atoms. The summed E-state index contributed by atoms with van der Waals surface area (Å²) in [4.78, 5) is 1.10. The SMILES string of the molecule is Brc1ccc(-c2cc(-c3cccs3)on2)cc1. The van der Waals surface area contributed by atoms with Crippen molar-refractivity contribution in [1.82, 2.24) is 5.16 Å². The molecule has 2 aromatic heterocycles. The molecule has 0 unspecified atom stereocenters. The largest absolute Gasteiger partial charge is 0.355 e. The van der Waals surface area contributed by atoms with Crippen LogP contribution < -0.4 is 0 Å². The highest BCUT2D eigenvalue weighted by Gasteiger charge is 2.08. The number of aromatic nitrogens is 1. The topological polar surface area (TPSA) is 26.0 Å². The highest BCUT2D eigenvalue weighted by molar-refractivity contribution is 9.10. The maximum Gasteiger partial charge on any atom is 0.177 e. The Morgan fingerprint density at radius 2 is 1.94 bits per heavy atom. The highest BCUT2D eigenvalue weighted by atomic mass is 79.9. The molecule has 0 spiro atoms. The van der Waals surface area contributed by atoms with Gasteiger partial charge in [-0.1, -0.05) is 39.3 Å². The number of rotatable bonds is 2. The van der Waals surface area contributed by atoms with E-state index in [0.29, 0.717) is 0 Å². The Morgan fingerprint density at radius 1 is 1.12 bits per heavy atom. The third kappa shape index (κ3) is 2.18. The van der Waals surface area contributed by atoms with Crippen LogP contribution in [0.25, 0.3) is 21.9 Å². The van der Waals surface area contributed by atoms with Crippen LogP contribution in [0.3, 0.4) is 0 Å². The second kappa shape index (κ2) is 4.47. The fourth-order valence-electron chi connectivity index (χ4n) is 1.57. The molecule has 0 aliphatic rings. The summed E-state index contributed by atoms with van der Waals surface area (Å²) in [5.41, 5.74) is 1.92. The van der Waals surface area contributed by atoms with E-state index < -0.39 is 0 Å². The van der Waals surface area contributed by atoms with Gasteiger partial charge in [0, 0.05) is 16.1 Å². The van der Waals surface area contributed by atoms with Gasteiger partial charge in [0.15, 0.2) is 5.76 Å². The lowest BCUT2D eigenvalue weighted by molar-refractivity contribution is 0.436. The second-order valence-electron chi connectivity index (χ2n) is 3.56. The van der Waals surface area contributed by atoms with E-state index in [1.165, 1.54) is 0 Å². The Morgan fingerprint density at radius 3 is 2.65 bits per heavy atom. The quantitative estimate of drug-likeness (QED) is 0.677. The summed E-state index contributed by atoms with van der Waals surface area (Å²) >= 11 is 5.06. The van der Waals surface area contributed by atoms with E-state index in [9.17, 15) is 0 Å². The molecule has 0 bridgehead atoms. The van der Waals surface area contributed by atoms with Crippen LogP contribution in [0.15, 0.2) is 56.8 Å². The van der Waals surface area contributed by atoms with Crippen molar-refractivity contribution in [2.75, 3.05) is 0 Å². The zero-order chi connectivity index (χ0) is 11.7. The van der Waals surface area contributed by atoms with Gasteiger partial charge in [0.05, 0.1) is 4.88 Å². The maximum atomic E-state index is 5.34. The van der Waals surface area contributed by atoms with Crippen molar-refractivity contribution in [2.24, 2.45) is 0 Å². The first kappa shape index (κ1) is 10.7. The first-order valence-electron chi connectivity index (χ1n) is 5.09. The lowest BCUT2D eigenvalue weighted by Gasteiger charge is -1.94. The molecule has 84 valence electrons. The number of thiophene rings is 1. The molecule has 0 saturated carbocycles. The van der Waals surface area contributed by atoms with E-state index in [1.807, 2.05) is 47.8 Å². The lowest BCUT2D eigenvalue weighted by Crippen LogP contribution is -1.75. The van der Waals surface area contributed by atoms with Crippen molar-refractivity contribution in [3.8, 4) is 21.9 Å². The predicted octanol–water partition coefficient (Wildman–Crippen LogP) is 4.83. The number of hydrogen-bond acceptors (Lipinski definition) is 3. The molecule has 1 aromatic carbocycles. The fraction of sp³-hybridized carbons (Fsp3) is 0. The average Bonchev–Trinajstić information content (AvgIpc) is 3.00. The summed E-state index contributed by atoms with van der Waals surface area (Å²) in [6.45, 7) is 0. The predicted molar refractivity (Wildman–Crippen MR) is 73.0 cm³/mol. The highest BCUT2D eigenvalue weighted by Crippen LogP contribution is 2.29. The van der Waals surface area contributed by atoms with Gasteiger partial charge in [0.2, 0.25) is 0 Å². The van der Waals surface area contributed by atoms with Crippen LogP contribution in [0.5, 0.6) is 0 Å². The summed E-state index contributed by atoms with van der Waals surface area (Å²) in [7, 11) is 0. The first-order valence-corrected chi connectivity index (χ1v) is 6.77. The second-order valence-corrected chi connectivity index (χ2v) is 5.42. The number of halogens is 1. The molecule has 3 rings (SSSR count). The molecule has 0 N–H and O–H groups in total. The first-order chi connectivity index (χ1) is 8.33. The summed E-state index contributed by atoms with van der Waals surface area (Å²) < 4.78 is 6.40. The van der Waals surface area contributed by atoms with Gasteiger partial charge in [-0.15, -0.1) is 11.3 Å². The summed E-state index contributed by atoms with van der Waals surface area (Å²) in [5.74, 6) is 0.818. The van der Waals surface area contributed by atoms with Gasteiger partial charge < -0.3 is 4.52 Å². The standard InChI is InChI=1S/C13H8BrNOS/c14-10-5-3-9(4-6-10)11-8-12(16-15-11)13-2-1-7-17-13/h1-8H. The minimum Gasteiger partial charge on any atom is -0.355 e. The molecule has 0 radical (unpaired) electrons. The molecular weight excluding hydrogens is 298 g/mol. The molecule has 0 saturated heterocycles. The zero-order valence-electron chi connectivity index (χ0n) is 8.76. The van der Waals surface area contributed by atoms with Gasteiger partial charge in [0.1, 0.15) is 5.69 Å². The van der Waals surface area contributed by atoms with Crippen molar-refractivity contribution < 1.29 is 4.52 Å². The normalized spacial score (nSPS) is 10.6. The van der Waals surface area contributed by atoms with E-state index in [2.05, 4.69) is 21.1 Å². The van der Waals surface area contributed by atoms with Crippen LogP contribution in [0.4, 0.5) is 0 Å². The summed E-state index contributed by atoms with van der Waals surface area (Å²) in [6.07, 6.45) is 0. The molecule has 2 nitrogen and oxygen atoms in total. The van der Waals surface area contributed by atoms with Crippen LogP contribution in [-0.4, -0.2) is 5.16 Å². The average molecular weight is 306 g/mol. The Balaban J connectivity index is 1.98. The van der Waals surface area contributed by atoms with E-state index in [4.69, 9.17) is 4.52 Å². The van der Waals surface area contributed by atoms with Gasteiger partial charge in [-0.25, -0.2) is 0 Å². The van der Waals surface area contributed by atoms with E-state index in [0.717, 1.165) is 26.4 Å². The van der Waals surface area contributed by atoms with Crippen molar-refractivity contribution in [2.45, 2.75) is 0 Å². The molecule has 0 amide bonds. The van der Waals surface area contributed by atoms with Crippen LogP contribution in [0.1, 0.15) is 0 Å². The number of benzene rings is 1. The Kier molecular flexibility index (Phi) is 2.82. The molecule has 3 aromatic rings. The summed E-state index contributed by atoms with van der Waals surface area (Å²) in [5, 5.41) is 6.11. The monoisotopic (exact) mass is 305 g/mol. The zero-order valence-corrected chi connectivity index (χ0v) is 11.2. The molecule has 0 aliphatic heterocycles. The fourth-order valence-corrected chi connectivity index (χ4v) is 2.50. The molecule has 4 heteroatoms. The van der Waals surface area contributed by atoms with Crippen LogP contribution in [-0.2, 0) is 0 Å². The van der Waals surface area contributed by atoms with E-state index in [1.54, 1.807) is 11.3 Å². The van der Waals surface area contributed by atoms with E-state index in [-0.39, 0.29) is 0 Å². The van der Waals surface area contributed by atoms with Crippen LogP contribution in [0.2, 0.25) is 0 Å². The van der Waals surface area contributed by atoms with Gasteiger partial charge in [-0.2, -0.15) is 0 Å². The van der Waals surface area contributed by atoms with Gasteiger partial charge in [0.25, 0.3) is 0 Å².